The molecule has 1 atom stereocenters. The van der Waals surface area contributed by atoms with Crippen LogP contribution in [0.1, 0.15) is 33.1 Å². The molecule has 4 aromatic carbocycles. The molecule has 0 saturated heterocycles. The summed E-state index contributed by atoms with van der Waals surface area (Å²) in [5.74, 6) is -0.00285. The summed E-state index contributed by atoms with van der Waals surface area (Å²) in [7, 11) is 0. The molecule has 0 saturated carbocycles. The highest BCUT2D eigenvalue weighted by atomic mass is 16.3. The van der Waals surface area contributed by atoms with Gasteiger partial charge in [0.1, 0.15) is 5.75 Å². The second-order valence-electron chi connectivity index (χ2n) is 6.85. The second kappa shape index (κ2) is 7.57. The van der Waals surface area contributed by atoms with Gasteiger partial charge in [0.25, 0.3) is 5.91 Å². The zero-order valence-corrected chi connectivity index (χ0v) is 15.6. The number of carbonyl (C=O) groups is 1. The smallest absolute Gasteiger partial charge is 0.252 e. The van der Waals surface area contributed by atoms with Crippen molar-refractivity contribution in [2.45, 2.75) is 13.0 Å². The fourth-order valence-electron chi connectivity index (χ4n) is 3.59. The third-order valence-electron chi connectivity index (χ3n) is 5.03. The van der Waals surface area contributed by atoms with Crippen LogP contribution in [0.15, 0.2) is 91.0 Å². The van der Waals surface area contributed by atoms with E-state index < -0.39 is 6.04 Å². The minimum Gasteiger partial charge on any atom is -0.508 e. The van der Waals surface area contributed by atoms with Crippen LogP contribution in [-0.4, -0.2) is 11.0 Å². The first-order valence-electron chi connectivity index (χ1n) is 9.27. The maximum atomic E-state index is 13.1. The van der Waals surface area contributed by atoms with Crippen molar-refractivity contribution in [3.8, 4) is 5.75 Å². The van der Waals surface area contributed by atoms with E-state index >= 15 is 0 Å². The Balaban J connectivity index is 1.86. The maximum absolute atomic E-state index is 13.1. The van der Waals surface area contributed by atoms with Crippen LogP contribution >= 0.6 is 0 Å². The molecule has 0 bridgehead atoms. The number of hydrogen-bond donors (Lipinski definition) is 2. The molecular weight excluding hydrogens is 346 g/mol. The molecule has 0 spiro atoms. The van der Waals surface area contributed by atoms with Crippen LogP contribution in [0.4, 0.5) is 0 Å². The number of aryl methyl sites for hydroxylation is 1. The van der Waals surface area contributed by atoms with Crippen molar-refractivity contribution < 1.29 is 9.90 Å². The minimum atomic E-state index is -0.473. The SMILES string of the molecule is Cc1ccccc1C(=O)NC(c1ccccc1)c1c(O)ccc2ccccc12. The number of hydrogen-bond acceptors (Lipinski definition) is 2. The zero-order chi connectivity index (χ0) is 19.5. The lowest BCUT2D eigenvalue weighted by Crippen LogP contribution is -2.30. The topological polar surface area (TPSA) is 49.3 Å². The summed E-state index contributed by atoms with van der Waals surface area (Å²) in [5.41, 5.74) is 3.15. The number of phenols is 1. The van der Waals surface area contributed by atoms with Gasteiger partial charge in [-0.15, -0.1) is 0 Å². The van der Waals surface area contributed by atoms with E-state index in [1.54, 1.807) is 6.07 Å². The zero-order valence-electron chi connectivity index (χ0n) is 15.6. The quantitative estimate of drug-likeness (QED) is 0.509. The van der Waals surface area contributed by atoms with Crippen LogP contribution in [0.3, 0.4) is 0 Å². The summed E-state index contributed by atoms with van der Waals surface area (Å²) >= 11 is 0. The van der Waals surface area contributed by atoms with E-state index in [1.807, 2.05) is 91.9 Å². The third-order valence-corrected chi connectivity index (χ3v) is 5.03. The van der Waals surface area contributed by atoms with Gasteiger partial charge < -0.3 is 10.4 Å². The summed E-state index contributed by atoms with van der Waals surface area (Å²) in [4.78, 5) is 13.1. The van der Waals surface area contributed by atoms with Crippen LogP contribution in [0.2, 0.25) is 0 Å². The standard InChI is InChI=1S/C25H21NO2/c1-17-9-5-7-13-20(17)25(28)26-24(19-11-3-2-4-12-19)23-21-14-8-6-10-18(21)15-16-22(23)27/h2-16,24,27H,1H3,(H,26,28). The van der Waals surface area contributed by atoms with E-state index in [0.717, 1.165) is 21.9 Å². The Labute approximate surface area is 164 Å². The number of benzene rings is 4. The molecule has 0 aliphatic heterocycles. The fraction of sp³-hybridized carbons (Fsp3) is 0.0800. The van der Waals surface area contributed by atoms with Gasteiger partial charge in [-0.1, -0.05) is 78.9 Å². The molecule has 0 aromatic heterocycles. The molecule has 3 heteroatoms. The third kappa shape index (κ3) is 3.35. The molecule has 0 aliphatic carbocycles. The Hall–Kier alpha value is -3.59. The van der Waals surface area contributed by atoms with Crippen LogP contribution in [-0.2, 0) is 0 Å². The Morgan fingerprint density at radius 3 is 2.29 bits per heavy atom. The Kier molecular flexibility index (Phi) is 4.81. The van der Waals surface area contributed by atoms with Crippen LogP contribution in [0.5, 0.6) is 5.75 Å². The van der Waals surface area contributed by atoms with E-state index in [2.05, 4.69) is 5.32 Å². The molecule has 3 nitrogen and oxygen atoms in total. The molecule has 28 heavy (non-hydrogen) atoms. The lowest BCUT2D eigenvalue weighted by atomic mass is 9.92. The average molecular weight is 367 g/mol. The normalized spacial score (nSPS) is 11.9. The van der Waals surface area contributed by atoms with Crippen LogP contribution in [0.25, 0.3) is 10.8 Å². The number of aromatic hydroxyl groups is 1. The van der Waals surface area contributed by atoms with Crippen molar-refractivity contribution in [2.24, 2.45) is 0 Å². The fourth-order valence-corrected chi connectivity index (χ4v) is 3.59. The summed E-state index contributed by atoms with van der Waals surface area (Å²) in [6.07, 6.45) is 0. The second-order valence-corrected chi connectivity index (χ2v) is 6.85. The Morgan fingerprint density at radius 2 is 1.50 bits per heavy atom. The van der Waals surface area contributed by atoms with Crippen molar-refractivity contribution in [1.82, 2.24) is 5.32 Å². The maximum Gasteiger partial charge on any atom is 0.252 e. The molecule has 2 N–H and O–H groups in total. The van der Waals surface area contributed by atoms with Gasteiger partial charge in [0.05, 0.1) is 6.04 Å². The van der Waals surface area contributed by atoms with Crippen molar-refractivity contribution in [1.29, 1.82) is 0 Å². The minimum absolute atomic E-state index is 0.164. The molecule has 0 fully saturated rings. The van der Waals surface area contributed by atoms with Crippen molar-refractivity contribution in [3.05, 3.63) is 113 Å². The predicted octanol–water partition coefficient (Wildman–Crippen LogP) is 5.37. The van der Waals surface area contributed by atoms with Gasteiger partial charge in [-0.05, 0) is 41.0 Å². The molecule has 1 amide bonds. The molecule has 4 rings (SSSR count). The molecular formula is C25H21NO2. The van der Waals surface area contributed by atoms with E-state index in [4.69, 9.17) is 0 Å². The summed E-state index contributed by atoms with van der Waals surface area (Å²) in [6, 6.07) is 28.2. The first-order valence-corrected chi connectivity index (χ1v) is 9.27. The van der Waals surface area contributed by atoms with E-state index in [-0.39, 0.29) is 11.7 Å². The van der Waals surface area contributed by atoms with Crippen LogP contribution < -0.4 is 5.32 Å². The molecule has 0 aliphatic rings. The highest BCUT2D eigenvalue weighted by Crippen LogP contribution is 2.36. The van der Waals surface area contributed by atoms with Crippen molar-refractivity contribution in [3.63, 3.8) is 0 Å². The van der Waals surface area contributed by atoms with E-state index in [9.17, 15) is 9.90 Å². The van der Waals surface area contributed by atoms with Gasteiger partial charge in [0.15, 0.2) is 0 Å². The molecule has 138 valence electrons. The molecule has 4 aromatic rings. The van der Waals surface area contributed by atoms with Gasteiger partial charge in [0.2, 0.25) is 0 Å². The van der Waals surface area contributed by atoms with Gasteiger partial charge in [-0.3, -0.25) is 4.79 Å². The van der Waals surface area contributed by atoms with Gasteiger partial charge in [-0.2, -0.15) is 0 Å². The monoisotopic (exact) mass is 367 g/mol. The van der Waals surface area contributed by atoms with Crippen LogP contribution in [0, 0.1) is 6.92 Å². The van der Waals surface area contributed by atoms with Crippen molar-refractivity contribution >= 4 is 16.7 Å². The molecule has 1 unspecified atom stereocenters. The van der Waals surface area contributed by atoms with E-state index in [1.165, 1.54) is 0 Å². The van der Waals surface area contributed by atoms with E-state index in [0.29, 0.717) is 11.1 Å². The average Bonchev–Trinajstić information content (AvgIpc) is 2.73. The first kappa shape index (κ1) is 17.8. The van der Waals surface area contributed by atoms with Gasteiger partial charge in [0, 0.05) is 11.1 Å². The Morgan fingerprint density at radius 1 is 0.821 bits per heavy atom. The molecule has 0 heterocycles. The first-order chi connectivity index (χ1) is 13.6. The van der Waals surface area contributed by atoms with Crippen molar-refractivity contribution in [2.75, 3.05) is 0 Å². The number of phenolic OH excluding ortho intramolecular Hbond substituents is 1. The lowest BCUT2D eigenvalue weighted by Gasteiger charge is -2.23. The number of amides is 1. The highest BCUT2D eigenvalue weighted by molar-refractivity contribution is 5.97. The van der Waals surface area contributed by atoms with Gasteiger partial charge >= 0.3 is 0 Å². The summed E-state index contributed by atoms with van der Waals surface area (Å²) in [5, 5.41) is 15.8. The molecule has 0 radical (unpaired) electrons. The summed E-state index contributed by atoms with van der Waals surface area (Å²) < 4.78 is 0. The lowest BCUT2D eigenvalue weighted by molar-refractivity contribution is 0.0942. The Bertz CT molecular complexity index is 1140. The number of carbonyl (C=O) groups excluding carboxylic acids is 1. The number of nitrogens with one attached hydrogen (secondary N) is 1. The largest absolute Gasteiger partial charge is 0.508 e. The van der Waals surface area contributed by atoms with Gasteiger partial charge in [-0.25, -0.2) is 0 Å². The number of rotatable bonds is 4. The highest BCUT2D eigenvalue weighted by Gasteiger charge is 2.23. The number of fused-ring (bicyclic) bond motifs is 1. The predicted molar refractivity (Wildman–Crippen MR) is 113 cm³/mol. The summed E-state index contributed by atoms with van der Waals surface area (Å²) in [6.45, 7) is 1.92.